The molecule has 102 valence electrons. The third-order valence-electron chi connectivity index (χ3n) is 4.61. The van der Waals surface area contributed by atoms with Gasteiger partial charge in [-0.2, -0.15) is 0 Å². The molecule has 3 rings (SSSR count). The van der Waals surface area contributed by atoms with Crippen molar-refractivity contribution in [2.24, 2.45) is 17.8 Å². The van der Waals surface area contributed by atoms with Gasteiger partial charge in [-0.3, -0.25) is 4.21 Å². The Morgan fingerprint density at radius 3 is 2.47 bits per heavy atom. The van der Waals surface area contributed by atoms with Gasteiger partial charge in [-0.05, 0) is 61.3 Å². The van der Waals surface area contributed by atoms with Crippen LogP contribution in [0.1, 0.15) is 36.0 Å². The Balaban J connectivity index is 1.65. The van der Waals surface area contributed by atoms with Gasteiger partial charge in [-0.25, -0.2) is 4.79 Å². The zero-order valence-corrected chi connectivity index (χ0v) is 11.6. The molecule has 0 amide bonds. The van der Waals surface area contributed by atoms with Crippen molar-refractivity contribution in [3.8, 4) is 0 Å². The summed E-state index contributed by atoms with van der Waals surface area (Å²) in [6, 6.07) is 6.45. The Labute approximate surface area is 115 Å². The standard InChI is InChI=1S/C15H18O3S/c16-15(17)11-3-5-14(6-4-11)19(18)9-13-8-10-1-2-12(13)7-10/h3-6,10,12-13H,1-2,7-9H2,(H,16,17). The molecule has 1 aromatic carbocycles. The van der Waals surface area contributed by atoms with E-state index < -0.39 is 16.8 Å². The summed E-state index contributed by atoms with van der Waals surface area (Å²) in [7, 11) is -0.989. The Morgan fingerprint density at radius 1 is 1.21 bits per heavy atom. The van der Waals surface area contributed by atoms with E-state index in [9.17, 15) is 9.00 Å². The average molecular weight is 278 g/mol. The van der Waals surface area contributed by atoms with Gasteiger partial charge in [0, 0.05) is 10.6 Å². The van der Waals surface area contributed by atoms with E-state index in [2.05, 4.69) is 0 Å². The van der Waals surface area contributed by atoms with E-state index in [1.54, 1.807) is 12.1 Å². The number of aromatic carboxylic acids is 1. The van der Waals surface area contributed by atoms with E-state index in [1.165, 1.54) is 37.8 Å². The first-order valence-corrected chi connectivity index (χ1v) is 8.17. The molecule has 4 atom stereocenters. The molecule has 0 saturated heterocycles. The summed E-state index contributed by atoms with van der Waals surface area (Å²) in [6.45, 7) is 0. The molecule has 1 aromatic rings. The molecule has 4 unspecified atom stereocenters. The number of hydrogen-bond acceptors (Lipinski definition) is 2. The molecule has 2 saturated carbocycles. The van der Waals surface area contributed by atoms with Crippen LogP contribution in [-0.4, -0.2) is 21.0 Å². The molecular weight excluding hydrogens is 260 g/mol. The minimum Gasteiger partial charge on any atom is -0.478 e. The van der Waals surface area contributed by atoms with Gasteiger partial charge < -0.3 is 5.11 Å². The van der Waals surface area contributed by atoms with E-state index in [4.69, 9.17) is 5.11 Å². The zero-order valence-electron chi connectivity index (χ0n) is 10.7. The summed E-state index contributed by atoms with van der Waals surface area (Å²) in [5.41, 5.74) is 0.251. The minimum atomic E-state index is -0.989. The highest BCUT2D eigenvalue weighted by Crippen LogP contribution is 2.48. The molecular formula is C15H18O3S. The van der Waals surface area contributed by atoms with Crippen molar-refractivity contribution in [3.63, 3.8) is 0 Å². The lowest BCUT2D eigenvalue weighted by atomic mass is 9.90. The molecule has 0 aliphatic heterocycles. The van der Waals surface area contributed by atoms with Crippen molar-refractivity contribution in [2.45, 2.75) is 30.6 Å². The maximum Gasteiger partial charge on any atom is 0.335 e. The molecule has 2 fully saturated rings. The van der Waals surface area contributed by atoms with Gasteiger partial charge in [0.2, 0.25) is 0 Å². The van der Waals surface area contributed by atoms with Crippen LogP contribution < -0.4 is 0 Å². The highest BCUT2D eigenvalue weighted by molar-refractivity contribution is 7.85. The Kier molecular flexibility index (Phi) is 3.44. The minimum absolute atomic E-state index is 0.251. The van der Waals surface area contributed by atoms with Crippen LogP contribution in [0, 0.1) is 17.8 Å². The molecule has 4 heteroatoms. The fraction of sp³-hybridized carbons (Fsp3) is 0.533. The molecule has 0 aromatic heterocycles. The van der Waals surface area contributed by atoms with Crippen LogP contribution in [0.4, 0.5) is 0 Å². The van der Waals surface area contributed by atoms with Gasteiger partial charge >= 0.3 is 5.97 Å². The summed E-state index contributed by atoms with van der Waals surface area (Å²) in [5.74, 6) is 2.07. The normalized spacial score (nSPS) is 30.4. The van der Waals surface area contributed by atoms with E-state index in [1.807, 2.05) is 0 Å². The highest BCUT2D eigenvalue weighted by Gasteiger charge is 2.39. The number of rotatable bonds is 4. The number of carboxylic acids is 1. The van der Waals surface area contributed by atoms with Crippen LogP contribution in [0.15, 0.2) is 29.2 Å². The zero-order chi connectivity index (χ0) is 13.4. The van der Waals surface area contributed by atoms with Crippen molar-refractivity contribution in [3.05, 3.63) is 29.8 Å². The van der Waals surface area contributed by atoms with Crippen LogP contribution in [0.2, 0.25) is 0 Å². The van der Waals surface area contributed by atoms with Crippen molar-refractivity contribution in [2.75, 3.05) is 5.75 Å². The maximum absolute atomic E-state index is 12.3. The molecule has 2 bridgehead atoms. The largest absolute Gasteiger partial charge is 0.478 e. The molecule has 2 aliphatic carbocycles. The van der Waals surface area contributed by atoms with Gasteiger partial charge in [0.15, 0.2) is 0 Å². The first-order chi connectivity index (χ1) is 9.13. The highest BCUT2D eigenvalue weighted by atomic mass is 32.2. The average Bonchev–Trinajstić information content (AvgIpc) is 3.01. The van der Waals surface area contributed by atoms with Crippen LogP contribution in [-0.2, 0) is 10.8 Å². The van der Waals surface area contributed by atoms with Crippen LogP contribution >= 0.6 is 0 Å². The Hall–Kier alpha value is -1.16. The Bertz CT molecular complexity index is 509. The molecule has 3 nitrogen and oxygen atoms in total. The van der Waals surface area contributed by atoms with Crippen LogP contribution in [0.3, 0.4) is 0 Å². The molecule has 19 heavy (non-hydrogen) atoms. The van der Waals surface area contributed by atoms with E-state index in [0.29, 0.717) is 5.92 Å². The van der Waals surface area contributed by atoms with Gasteiger partial charge in [0.1, 0.15) is 0 Å². The van der Waals surface area contributed by atoms with Gasteiger partial charge in [0.25, 0.3) is 0 Å². The second kappa shape index (κ2) is 5.08. The molecule has 0 spiro atoms. The lowest BCUT2D eigenvalue weighted by Gasteiger charge is -2.20. The van der Waals surface area contributed by atoms with Crippen molar-refractivity contribution < 1.29 is 14.1 Å². The summed E-state index contributed by atoms with van der Waals surface area (Å²) < 4.78 is 12.3. The van der Waals surface area contributed by atoms with Gasteiger partial charge in [-0.15, -0.1) is 0 Å². The fourth-order valence-electron chi connectivity index (χ4n) is 3.62. The second-order valence-corrected chi connectivity index (χ2v) is 7.27. The maximum atomic E-state index is 12.3. The molecule has 0 heterocycles. The van der Waals surface area contributed by atoms with E-state index >= 15 is 0 Å². The third kappa shape index (κ3) is 2.59. The summed E-state index contributed by atoms with van der Waals surface area (Å²) >= 11 is 0. The van der Waals surface area contributed by atoms with Gasteiger partial charge in [-0.1, -0.05) is 6.42 Å². The smallest absolute Gasteiger partial charge is 0.335 e. The summed E-state index contributed by atoms with van der Waals surface area (Å²) in [6.07, 6.45) is 5.25. The van der Waals surface area contributed by atoms with E-state index in [-0.39, 0.29) is 5.56 Å². The third-order valence-corrected chi connectivity index (χ3v) is 6.14. The number of benzene rings is 1. The monoisotopic (exact) mass is 278 g/mol. The number of fused-ring (bicyclic) bond motifs is 2. The summed E-state index contributed by atoms with van der Waals surface area (Å²) in [5, 5.41) is 8.84. The second-order valence-electron chi connectivity index (χ2n) is 5.78. The predicted octanol–water partition coefficient (Wildman–Crippen LogP) is 2.93. The molecule has 1 N–H and O–H groups in total. The van der Waals surface area contributed by atoms with E-state index in [0.717, 1.165) is 22.5 Å². The first-order valence-electron chi connectivity index (χ1n) is 6.85. The predicted molar refractivity (Wildman–Crippen MR) is 73.6 cm³/mol. The first kappa shape index (κ1) is 12.9. The summed E-state index contributed by atoms with van der Waals surface area (Å²) in [4.78, 5) is 11.5. The SMILES string of the molecule is O=C(O)c1ccc(S(=O)CC2CC3CCC2C3)cc1. The molecule has 0 radical (unpaired) electrons. The van der Waals surface area contributed by atoms with Crippen LogP contribution in [0.25, 0.3) is 0 Å². The molecule has 2 aliphatic rings. The topological polar surface area (TPSA) is 54.4 Å². The quantitative estimate of drug-likeness (QED) is 0.921. The number of hydrogen-bond donors (Lipinski definition) is 1. The number of carbonyl (C=O) groups is 1. The van der Waals surface area contributed by atoms with Crippen molar-refractivity contribution >= 4 is 16.8 Å². The number of carboxylic acid groups (broad SMARTS) is 1. The fourth-order valence-corrected chi connectivity index (χ4v) is 5.05. The van der Waals surface area contributed by atoms with Crippen LogP contribution in [0.5, 0.6) is 0 Å². The lowest BCUT2D eigenvalue weighted by molar-refractivity contribution is 0.0697. The Morgan fingerprint density at radius 2 is 1.95 bits per heavy atom. The van der Waals surface area contributed by atoms with Crippen molar-refractivity contribution in [1.82, 2.24) is 0 Å². The lowest BCUT2D eigenvalue weighted by Crippen LogP contribution is -2.18. The van der Waals surface area contributed by atoms with Gasteiger partial charge in [0.05, 0.1) is 16.4 Å². The van der Waals surface area contributed by atoms with Crippen molar-refractivity contribution in [1.29, 1.82) is 0 Å².